The van der Waals surface area contributed by atoms with Crippen LogP contribution in [0.3, 0.4) is 0 Å². The zero-order valence-corrected chi connectivity index (χ0v) is 12.2. The molecule has 1 aromatic carbocycles. The van der Waals surface area contributed by atoms with E-state index in [0.717, 1.165) is 11.1 Å². The van der Waals surface area contributed by atoms with Gasteiger partial charge in [0.15, 0.2) is 0 Å². The van der Waals surface area contributed by atoms with Crippen LogP contribution in [0.5, 0.6) is 0 Å². The van der Waals surface area contributed by atoms with E-state index >= 15 is 0 Å². The van der Waals surface area contributed by atoms with Crippen molar-refractivity contribution < 1.29 is 9.18 Å². The van der Waals surface area contributed by atoms with Gasteiger partial charge in [-0.2, -0.15) is 5.10 Å². The summed E-state index contributed by atoms with van der Waals surface area (Å²) in [6.45, 7) is 0.516. The minimum absolute atomic E-state index is 0.0478. The second-order valence-electron chi connectivity index (χ2n) is 5.32. The molecule has 2 aromatic heterocycles. The molecule has 114 valence electrons. The molecular formula is C17H13FN4O. The Labute approximate surface area is 131 Å². The quantitative estimate of drug-likeness (QED) is 0.791. The number of aromatic nitrogens is 3. The highest BCUT2D eigenvalue weighted by Gasteiger charge is 2.25. The van der Waals surface area contributed by atoms with Crippen LogP contribution in [0.15, 0.2) is 48.7 Å². The number of hydrogen-bond donors (Lipinski definition) is 1. The van der Waals surface area contributed by atoms with Crippen LogP contribution < -0.4 is 5.32 Å². The average Bonchev–Trinajstić information content (AvgIpc) is 2.95. The molecule has 23 heavy (non-hydrogen) atoms. The molecular weight excluding hydrogens is 295 g/mol. The fourth-order valence-corrected chi connectivity index (χ4v) is 2.72. The van der Waals surface area contributed by atoms with Crippen LogP contribution in [-0.2, 0) is 11.3 Å². The van der Waals surface area contributed by atoms with Gasteiger partial charge >= 0.3 is 0 Å². The highest BCUT2D eigenvalue weighted by Crippen LogP contribution is 2.38. The van der Waals surface area contributed by atoms with E-state index in [2.05, 4.69) is 15.4 Å². The number of rotatable bonds is 2. The first kappa shape index (κ1) is 13.6. The molecule has 5 nitrogen and oxygen atoms in total. The Morgan fingerprint density at radius 3 is 2.70 bits per heavy atom. The standard InChI is InChI=1S/C17H13FN4O/c18-12-6-4-11(5-7-12)15-16(13-3-1-2-9-19-13)21-22-10-8-14(23)20-17(15)22/h1-7,9H,8,10H2,(H,20,23). The van der Waals surface area contributed by atoms with Crippen LogP contribution in [0.4, 0.5) is 10.2 Å². The number of carbonyl (C=O) groups excluding carboxylic acids is 1. The van der Waals surface area contributed by atoms with Gasteiger partial charge in [-0.1, -0.05) is 18.2 Å². The normalized spacial score (nSPS) is 13.5. The SMILES string of the molecule is O=C1CCn2nc(-c3ccccn3)c(-c3ccc(F)cc3)c2N1. The van der Waals surface area contributed by atoms with Crippen molar-refractivity contribution in [3.63, 3.8) is 0 Å². The number of amides is 1. The number of hydrogen-bond acceptors (Lipinski definition) is 3. The average molecular weight is 308 g/mol. The van der Waals surface area contributed by atoms with E-state index in [0.29, 0.717) is 30.2 Å². The summed E-state index contributed by atoms with van der Waals surface area (Å²) in [5.41, 5.74) is 2.93. The number of fused-ring (bicyclic) bond motifs is 1. The summed E-state index contributed by atoms with van der Waals surface area (Å²) in [4.78, 5) is 16.1. The number of halogens is 1. The van der Waals surface area contributed by atoms with Gasteiger partial charge < -0.3 is 5.32 Å². The Kier molecular flexibility index (Phi) is 3.15. The van der Waals surface area contributed by atoms with Crippen molar-refractivity contribution in [2.24, 2.45) is 0 Å². The zero-order valence-electron chi connectivity index (χ0n) is 12.2. The first-order valence-corrected chi connectivity index (χ1v) is 7.30. The molecule has 1 aliphatic heterocycles. The van der Waals surface area contributed by atoms with Gasteiger partial charge in [0.2, 0.25) is 5.91 Å². The number of carbonyl (C=O) groups is 1. The predicted molar refractivity (Wildman–Crippen MR) is 84.1 cm³/mol. The molecule has 0 saturated carbocycles. The summed E-state index contributed by atoms with van der Waals surface area (Å²) >= 11 is 0. The Balaban J connectivity index is 1.96. The first-order valence-electron chi connectivity index (χ1n) is 7.30. The lowest BCUT2D eigenvalue weighted by atomic mass is 10.0. The molecule has 0 unspecified atom stereocenters. The van der Waals surface area contributed by atoms with Gasteiger partial charge in [0.1, 0.15) is 17.3 Å². The van der Waals surface area contributed by atoms with Gasteiger partial charge in [-0.25, -0.2) is 9.07 Å². The van der Waals surface area contributed by atoms with Crippen LogP contribution in [0.25, 0.3) is 22.5 Å². The molecule has 0 radical (unpaired) electrons. The van der Waals surface area contributed by atoms with Crippen molar-refractivity contribution in [2.45, 2.75) is 13.0 Å². The summed E-state index contributed by atoms with van der Waals surface area (Å²) in [5, 5.41) is 7.47. The van der Waals surface area contributed by atoms with Gasteiger partial charge in [0, 0.05) is 12.6 Å². The number of aryl methyl sites for hydroxylation is 1. The molecule has 6 heteroatoms. The Morgan fingerprint density at radius 2 is 1.96 bits per heavy atom. The van der Waals surface area contributed by atoms with Crippen molar-refractivity contribution in [1.29, 1.82) is 0 Å². The maximum Gasteiger partial charge on any atom is 0.227 e. The molecule has 4 rings (SSSR count). The van der Waals surface area contributed by atoms with Gasteiger partial charge in [-0.3, -0.25) is 9.78 Å². The third-order valence-corrected chi connectivity index (χ3v) is 3.80. The molecule has 0 spiro atoms. The van der Waals surface area contributed by atoms with Crippen molar-refractivity contribution >= 4 is 11.7 Å². The molecule has 0 fully saturated rings. The summed E-state index contributed by atoms with van der Waals surface area (Å²) in [5.74, 6) is 0.278. The maximum absolute atomic E-state index is 13.3. The number of pyridine rings is 1. The Morgan fingerprint density at radius 1 is 1.13 bits per heavy atom. The van der Waals surface area contributed by atoms with Gasteiger partial charge in [-0.15, -0.1) is 0 Å². The van der Waals surface area contributed by atoms with E-state index in [9.17, 15) is 9.18 Å². The van der Waals surface area contributed by atoms with Gasteiger partial charge in [0.05, 0.1) is 17.8 Å². The zero-order chi connectivity index (χ0) is 15.8. The Hall–Kier alpha value is -3.02. The molecule has 3 aromatic rings. The lowest BCUT2D eigenvalue weighted by molar-refractivity contribution is -0.116. The second-order valence-corrected chi connectivity index (χ2v) is 5.32. The van der Waals surface area contributed by atoms with E-state index in [4.69, 9.17) is 0 Å². The molecule has 0 saturated heterocycles. The second kappa shape index (κ2) is 5.31. The van der Waals surface area contributed by atoms with Crippen molar-refractivity contribution in [3.05, 3.63) is 54.5 Å². The van der Waals surface area contributed by atoms with Crippen LogP contribution in [-0.4, -0.2) is 20.7 Å². The molecule has 1 amide bonds. The summed E-state index contributed by atoms with van der Waals surface area (Å²) in [6.07, 6.45) is 2.08. The van der Waals surface area contributed by atoms with Crippen LogP contribution in [0.2, 0.25) is 0 Å². The summed E-state index contributed by atoms with van der Waals surface area (Å²) in [6, 6.07) is 11.7. The van der Waals surface area contributed by atoms with Crippen LogP contribution >= 0.6 is 0 Å². The van der Waals surface area contributed by atoms with E-state index in [1.165, 1.54) is 12.1 Å². The fraction of sp³-hybridized carbons (Fsp3) is 0.118. The summed E-state index contributed by atoms with van der Waals surface area (Å²) < 4.78 is 15.0. The van der Waals surface area contributed by atoms with Crippen molar-refractivity contribution in [1.82, 2.24) is 14.8 Å². The molecule has 1 N–H and O–H groups in total. The highest BCUT2D eigenvalue weighted by molar-refractivity contribution is 5.99. The highest BCUT2D eigenvalue weighted by atomic mass is 19.1. The minimum Gasteiger partial charge on any atom is -0.310 e. The largest absolute Gasteiger partial charge is 0.310 e. The molecule has 0 bridgehead atoms. The summed E-state index contributed by atoms with van der Waals surface area (Å²) in [7, 11) is 0. The molecule has 1 aliphatic rings. The van der Waals surface area contributed by atoms with Gasteiger partial charge in [0.25, 0.3) is 0 Å². The van der Waals surface area contributed by atoms with Crippen LogP contribution in [0.1, 0.15) is 6.42 Å². The molecule has 0 aliphatic carbocycles. The van der Waals surface area contributed by atoms with E-state index < -0.39 is 0 Å². The van der Waals surface area contributed by atoms with Crippen molar-refractivity contribution in [3.8, 4) is 22.5 Å². The topological polar surface area (TPSA) is 59.8 Å². The van der Waals surface area contributed by atoms with Crippen LogP contribution in [0, 0.1) is 5.82 Å². The maximum atomic E-state index is 13.3. The van der Waals surface area contributed by atoms with Crippen molar-refractivity contribution in [2.75, 3.05) is 5.32 Å². The lowest BCUT2D eigenvalue weighted by Gasteiger charge is -2.15. The third-order valence-electron chi connectivity index (χ3n) is 3.80. The van der Waals surface area contributed by atoms with E-state index in [-0.39, 0.29) is 11.7 Å². The predicted octanol–water partition coefficient (Wildman–Crippen LogP) is 3.09. The monoisotopic (exact) mass is 308 g/mol. The van der Waals surface area contributed by atoms with Gasteiger partial charge in [-0.05, 0) is 29.8 Å². The first-order chi connectivity index (χ1) is 11.2. The smallest absolute Gasteiger partial charge is 0.227 e. The fourth-order valence-electron chi connectivity index (χ4n) is 2.72. The number of nitrogens with zero attached hydrogens (tertiary/aromatic N) is 3. The molecule has 3 heterocycles. The van der Waals surface area contributed by atoms with E-state index in [1.807, 2.05) is 18.2 Å². The minimum atomic E-state index is -0.307. The number of anilines is 1. The number of benzene rings is 1. The molecule has 0 atom stereocenters. The Bertz CT molecular complexity index is 872. The third kappa shape index (κ3) is 2.38. The van der Waals surface area contributed by atoms with E-state index in [1.54, 1.807) is 23.0 Å². The number of nitrogens with one attached hydrogen (secondary N) is 1. The lowest BCUT2D eigenvalue weighted by Crippen LogP contribution is -2.23.